The Bertz CT molecular complexity index is 357. The molecule has 3 aliphatic carbocycles. The van der Waals surface area contributed by atoms with Gasteiger partial charge in [-0.3, -0.25) is 0 Å². The van der Waals surface area contributed by atoms with Crippen molar-refractivity contribution in [2.45, 2.75) is 102 Å². The van der Waals surface area contributed by atoms with E-state index in [0.29, 0.717) is 27.9 Å². The number of alkyl halides is 1. The molecule has 0 radical (unpaired) electrons. The van der Waals surface area contributed by atoms with E-state index in [0.717, 1.165) is 5.92 Å². The Hall–Kier alpha value is 0.440. The number of hydrogen-bond acceptors (Lipinski definition) is 1. The third-order valence-electron chi connectivity index (χ3n) is 6.42. The lowest BCUT2D eigenvalue weighted by molar-refractivity contribution is -0.162. The topological polar surface area (TPSA) is 9.23 Å². The second-order valence-electron chi connectivity index (χ2n) is 9.01. The summed E-state index contributed by atoms with van der Waals surface area (Å²) in [6.07, 6.45) is 14.7. The maximum Gasteiger partial charge on any atom is 0.0656 e. The van der Waals surface area contributed by atoms with Crippen LogP contribution in [0.1, 0.15) is 85.0 Å². The minimum Gasteiger partial charge on any atom is -0.374 e. The van der Waals surface area contributed by atoms with Crippen LogP contribution in [0.4, 0.5) is 0 Å². The molecule has 0 aromatic rings. The highest BCUT2D eigenvalue weighted by atomic mass is 79.9. The number of hydrogen-bond donors (Lipinski definition) is 0. The van der Waals surface area contributed by atoms with Gasteiger partial charge in [-0.2, -0.15) is 0 Å². The molecule has 2 heteroatoms. The van der Waals surface area contributed by atoms with Crippen molar-refractivity contribution in [2.24, 2.45) is 16.7 Å². The van der Waals surface area contributed by atoms with Gasteiger partial charge in [0, 0.05) is 10.2 Å². The van der Waals surface area contributed by atoms with Gasteiger partial charge in [-0.15, -0.1) is 0 Å². The van der Waals surface area contributed by atoms with Gasteiger partial charge in [0.25, 0.3) is 0 Å². The van der Waals surface area contributed by atoms with Crippen LogP contribution in [-0.2, 0) is 4.74 Å². The smallest absolute Gasteiger partial charge is 0.0656 e. The Morgan fingerprint density at radius 3 is 2.19 bits per heavy atom. The predicted molar refractivity (Wildman–Crippen MR) is 92.9 cm³/mol. The highest BCUT2D eigenvalue weighted by Gasteiger charge is 2.55. The Kier molecular flexibility index (Phi) is 4.77. The molecule has 3 rings (SSSR count). The van der Waals surface area contributed by atoms with Crippen LogP contribution in [0.3, 0.4) is 0 Å². The van der Waals surface area contributed by atoms with Crippen LogP contribution in [0.2, 0.25) is 0 Å². The van der Waals surface area contributed by atoms with Crippen LogP contribution in [0.15, 0.2) is 0 Å². The first-order valence-corrected chi connectivity index (χ1v) is 10.1. The van der Waals surface area contributed by atoms with E-state index in [-0.39, 0.29) is 0 Å². The molecule has 21 heavy (non-hydrogen) atoms. The molecule has 1 nitrogen and oxygen atoms in total. The highest BCUT2D eigenvalue weighted by molar-refractivity contribution is 9.09. The van der Waals surface area contributed by atoms with Gasteiger partial charge >= 0.3 is 0 Å². The van der Waals surface area contributed by atoms with Crippen molar-refractivity contribution in [3.63, 3.8) is 0 Å². The molecule has 0 aromatic heterocycles. The average molecular weight is 357 g/mol. The monoisotopic (exact) mass is 356 g/mol. The zero-order chi connectivity index (χ0) is 15.1. The molecule has 0 aliphatic heterocycles. The SMILES string of the molecule is CC1CC(OC2CC(Br)C23CCCCCC3)CC(C)(C)C1. The third-order valence-corrected chi connectivity index (χ3v) is 7.71. The molecule has 0 aromatic carbocycles. The molecule has 0 bridgehead atoms. The summed E-state index contributed by atoms with van der Waals surface area (Å²) in [7, 11) is 0. The zero-order valence-corrected chi connectivity index (χ0v) is 15.8. The molecular formula is C19H33BrO. The van der Waals surface area contributed by atoms with Crippen molar-refractivity contribution in [1.29, 1.82) is 0 Å². The molecule has 0 heterocycles. The van der Waals surface area contributed by atoms with Crippen LogP contribution in [-0.4, -0.2) is 17.0 Å². The van der Waals surface area contributed by atoms with Crippen LogP contribution >= 0.6 is 15.9 Å². The van der Waals surface area contributed by atoms with Gasteiger partial charge in [0.2, 0.25) is 0 Å². The van der Waals surface area contributed by atoms with Gasteiger partial charge in [0.15, 0.2) is 0 Å². The first-order chi connectivity index (χ1) is 9.91. The first-order valence-electron chi connectivity index (χ1n) is 9.21. The quantitative estimate of drug-likeness (QED) is 0.543. The van der Waals surface area contributed by atoms with Crippen LogP contribution in [0.25, 0.3) is 0 Å². The minimum absolute atomic E-state index is 0.469. The van der Waals surface area contributed by atoms with Gasteiger partial charge in [-0.05, 0) is 49.9 Å². The Labute approximate surface area is 139 Å². The van der Waals surface area contributed by atoms with E-state index in [1.165, 1.54) is 64.2 Å². The molecule has 0 saturated heterocycles. The summed E-state index contributed by atoms with van der Waals surface area (Å²) in [5, 5.41) is 0. The Morgan fingerprint density at radius 1 is 0.952 bits per heavy atom. The Balaban J connectivity index is 1.64. The van der Waals surface area contributed by atoms with Crippen molar-refractivity contribution in [2.75, 3.05) is 0 Å². The molecule has 3 fully saturated rings. The molecule has 1 spiro atoms. The van der Waals surface area contributed by atoms with Gasteiger partial charge in [-0.25, -0.2) is 0 Å². The van der Waals surface area contributed by atoms with Gasteiger partial charge in [-0.1, -0.05) is 62.4 Å². The number of rotatable bonds is 2. The summed E-state index contributed by atoms with van der Waals surface area (Å²) in [6, 6.07) is 0. The van der Waals surface area contributed by atoms with Gasteiger partial charge < -0.3 is 4.74 Å². The zero-order valence-electron chi connectivity index (χ0n) is 14.2. The largest absolute Gasteiger partial charge is 0.374 e. The summed E-state index contributed by atoms with van der Waals surface area (Å²) in [5.74, 6) is 0.823. The molecule has 0 amide bonds. The predicted octanol–water partition coefficient (Wildman–Crippen LogP) is 6.09. The van der Waals surface area contributed by atoms with Crippen molar-refractivity contribution >= 4 is 15.9 Å². The van der Waals surface area contributed by atoms with Gasteiger partial charge in [0.05, 0.1) is 12.2 Å². The van der Waals surface area contributed by atoms with Crippen molar-refractivity contribution in [3.05, 3.63) is 0 Å². The Morgan fingerprint density at radius 2 is 1.62 bits per heavy atom. The van der Waals surface area contributed by atoms with E-state index in [2.05, 4.69) is 36.7 Å². The second-order valence-corrected chi connectivity index (χ2v) is 10.1. The van der Waals surface area contributed by atoms with E-state index in [9.17, 15) is 0 Å². The maximum absolute atomic E-state index is 6.72. The van der Waals surface area contributed by atoms with Crippen molar-refractivity contribution < 1.29 is 4.74 Å². The van der Waals surface area contributed by atoms with E-state index in [1.807, 2.05) is 0 Å². The van der Waals surface area contributed by atoms with E-state index in [4.69, 9.17) is 4.74 Å². The fourth-order valence-corrected chi connectivity index (χ4v) is 6.60. The van der Waals surface area contributed by atoms with Crippen LogP contribution < -0.4 is 0 Å². The number of ether oxygens (including phenoxy) is 1. The van der Waals surface area contributed by atoms with Crippen LogP contribution in [0.5, 0.6) is 0 Å². The summed E-state index contributed by atoms with van der Waals surface area (Å²) < 4.78 is 6.72. The molecule has 3 aliphatic rings. The van der Waals surface area contributed by atoms with E-state index < -0.39 is 0 Å². The standard InChI is InChI=1S/C19H33BrO/c1-14-10-15(13-18(2,3)12-14)21-17-11-16(20)19(17)8-6-4-5-7-9-19/h14-17H,4-13H2,1-3H3. The molecule has 122 valence electrons. The summed E-state index contributed by atoms with van der Waals surface area (Å²) in [6.45, 7) is 7.26. The summed E-state index contributed by atoms with van der Waals surface area (Å²) in [5.41, 5.74) is 0.942. The van der Waals surface area contributed by atoms with Crippen molar-refractivity contribution in [3.8, 4) is 0 Å². The summed E-state index contributed by atoms with van der Waals surface area (Å²) in [4.78, 5) is 0.710. The maximum atomic E-state index is 6.72. The lowest BCUT2D eigenvalue weighted by atomic mass is 9.61. The van der Waals surface area contributed by atoms with E-state index in [1.54, 1.807) is 0 Å². The highest BCUT2D eigenvalue weighted by Crippen LogP contribution is 2.56. The first kappa shape index (κ1) is 16.3. The normalized spacial score (nSPS) is 42.3. The third kappa shape index (κ3) is 3.37. The van der Waals surface area contributed by atoms with E-state index >= 15 is 0 Å². The molecule has 3 saturated carbocycles. The lowest BCUT2D eigenvalue weighted by Gasteiger charge is -2.55. The fourth-order valence-electron chi connectivity index (χ4n) is 5.51. The minimum atomic E-state index is 0.469. The number of halogens is 1. The van der Waals surface area contributed by atoms with Gasteiger partial charge in [0.1, 0.15) is 0 Å². The summed E-state index contributed by atoms with van der Waals surface area (Å²) >= 11 is 3.97. The second kappa shape index (κ2) is 6.15. The van der Waals surface area contributed by atoms with Crippen molar-refractivity contribution in [1.82, 2.24) is 0 Å². The fraction of sp³-hybridized carbons (Fsp3) is 1.00. The molecule has 0 N–H and O–H groups in total. The molecule has 4 atom stereocenters. The molecule has 4 unspecified atom stereocenters. The lowest BCUT2D eigenvalue weighted by Crippen LogP contribution is -2.56. The van der Waals surface area contributed by atoms with Crippen LogP contribution in [0, 0.1) is 16.7 Å². The average Bonchev–Trinajstić information content (AvgIpc) is 2.63. The molecular weight excluding hydrogens is 324 g/mol.